The van der Waals surface area contributed by atoms with E-state index in [1.807, 2.05) is 19.1 Å². The van der Waals surface area contributed by atoms with Crippen LogP contribution in [0.1, 0.15) is 31.6 Å². The van der Waals surface area contributed by atoms with Crippen molar-refractivity contribution in [2.24, 2.45) is 0 Å². The second-order valence-corrected chi connectivity index (χ2v) is 3.96. The average Bonchev–Trinajstić information content (AvgIpc) is 2.87. The van der Waals surface area contributed by atoms with Gasteiger partial charge < -0.3 is 15.1 Å². The van der Waals surface area contributed by atoms with E-state index in [0.29, 0.717) is 12.6 Å². The van der Waals surface area contributed by atoms with Gasteiger partial charge in [0.05, 0.1) is 18.8 Å². The summed E-state index contributed by atoms with van der Waals surface area (Å²) in [4.78, 5) is 11.5. The van der Waals surface area contributed by atoms with Gasteiger partial charge in [0.25, 0.3) is 0 Å². The third kappa shape index (κ3) is 3.09. The minimum Gasteiger partial charge on any atom is -0.467 e. The molecule has 82 valence electrons. The molecule has 1 heterocycles. The molecule has 1 saturated carbocycles. The minimum atomic E-state index is -0.0616. The number of furan rings is 1. The van der Waals surface area contributed by atoms with E-state index < -0.39 is 0 Å². The van der Waals surface area contributed by atoms with E-state index in [-0.39, 0.29) is 11.9 Å². The third-order valence-electron chi connectivity index (χ3n) is 2.48. The first-order chi connectivity index (χ1) is 7.25. The zero-order valence-electron chi connectivity index (χ0n) is 8.82. The first-order valence-corrected chi connectivity index (χ1v) is 5.32. The predicted molar refractivity (Wildman–Crippen MR) is 56.3 cm³/mol. The van der Waals surface area contributed by atoms with Crippen molar-refractivity contribution in [2.75, 3.05) is 6.54 Å². The highest BCUT2D eigenvalue weighted by Gasteiger charge is 2.21. The lowest BCUT2D eigenvalue weighted by Gasteiger charge is -2.11. The fourth-order valence-electron chi connectivity index (χ4n) is 1.43. The average molecular weight is 208 g/mol. The molecule has 0 aromatic carbocycles. The Morgan fingerprint density at radius 2 is 2.47 bits per heavy atom. The molecule has 0 bridgehead atoms. The van der Waals surface area contributed by atoms with E-state index in [1.54, 1.807) is 6.26 Å². The summed E-state index contributed by atoms with van der Waals surface area (Å²) < 4.78 is 5.20. The summed E-state index contributed by atoms with van der Waals surface area (Å²) in [5.74, 6) is 0.806. The molecule has 0 spiro atoms. The Labute approximate surface area is 89.0 Å². The highest BCUT2D eigenvalue weighted by Crippen LogP contribution is 2.18. The van der Waals surface area contributed by atoms with Gasteiger partial charge >= 0.3 is 0 Å². The summed E-state index contributed by atoms with van der Waals surface area (Å²) >= 11 is 0. The highest BCUT2D eigenvalue weighted by atomic mass is 16.3. The van der Waals surface area contributed by atoms with Crippen molar-refractivity contribution < 1.29 is 9.21 Å². The number of hydrogen-bond donors (Lipinski definition) is 2. The minimum absolute atomic E-state index is 0.0193. The van der Waals surface area contributed by atoms with Crippen molar-refractivity contribution in [3.05, 3.63) is 24.2 Å². The summed E-state index contributed by atoms with van der Waals surface area (Å²) in [6, 6.07) is 4.18. The fourth-order valence-corrected chi connectivity index (χ4v) is 1.43. The van der Waals surface area contributed by atoms with Crippen molar-refractivity contribution in [3.63, 3.8) is 0 Å². The first-order valence-electron chi connectivity index (χ1n) is 5.32. The molecular formula is C11H16N2O2. The van der Waals surface area contributed by atoms with Crippen LogP contribution in [-0.4, -0.2) is 18.5 Å². The van der Waals surface area contributed by atoms with Crippen LogP contribution in [0.5, 0.6) is 0 Å². The van der Waals surface area contributed by atoms with E-state index in [4.69, 9.17) is 4.42 Å². The molecule has 1 aromatic heterocycles. The highest BCUT2D eigenvalue weighted by molar-refractivity contribution is 5.78. The van der Waals surface area contributed by atoms with Crippen molar-refractivity contribution in [2.45, 2.75) is 31.8 Å². The Hall–Kier alpha value is -1.29. The summed E-state index contributed by atoms with van der Waals surface area (Å²) in [5, 5.41) is 6.03. The van der Waals surface area contributed by atoms with E-state index in [9.17, 15) is 4.79 Å². The van der Waals surface area contributed by atoms with Crippen LogP contribution < -0.4 is 10.6 Å². The Balaban J connectivity index is 1.72. The Morgan fingerprint density at radius 1 is 1.67 bits per heavy atom. The van der Waals surface area contributed by atoms with Gasteiger partial charge in [-0.15, -0.1) is 0 Å². The zero-order chi connectivity index (χ0) is 10.7. The van der Waals surface area contributed by atoms with E-state index in [2.05, 4.69) is 10.6 Å². The van der Waals surface area contributed by atoms with E-state index in [1.165, 1.54) is 12.8 Å². The lowest BCUT2D eigenvalue weighted by atomic mass is 10.2. The molecule has 4 nitrogen and oxygen atoms in total. The molecule has 1 unspecified atom stereocenters. The standard InChI is InChI=1S/C11H16N2O2/c1-8(10-3-2-6-15-10)13-11(14)7-12-9-4-5-9/h2-3,6,8-9,12H,4-5,7H2,1H3,(H,13,14). The van der Waals surface area contributed by atoms with Crippen molar-refractivity contribution in [1.82, 2.24) is 10.6 Å². The maximum absolute atomic E-state index is 11.5. The van der Waals surface area contributed by atoms with Crippen LogP contribution in [0.2, 0.25) is 0 Å². The smallest absolute Gasteiger partial charge is 0.234 e. The number of nitrogens with one attached hydrogen (secondary N) is 2. The molecule has 1 fully saturated rings. The first kappa shape index (κ1) is 10.2. The Kier molecular flexibility index (Phi) is 3.06. The van der Waals surface area contributed by atoms with Gasteiger partial charge in [-0.3, -0.25) is 4.79 Å². The number of carbonyl (C=O) groups is 1. The molecule has 1 aliphatic carbocycles. The quantitative estimate of drug-likeness (QED) is 0.764. The molecule has 1 amide bonds. The van der Waals surface area contributed by atoms with Gasteiger partial charge in [-0.2, -0.15) is 0 Å². The van der Waals surface area contributed by atoms with Crippen molar-refractivity contribution in [3.8, 4) is 0 Å². The maximum atomic E-state index is 11.5. The van der Waals surface area contributed by atoms with E-state index in [0.717, 1.165) is 5.76 Å². The molecule has 15 heavy (non-hydrogen) atoms. The molecule has 2 N–H and O–H groups in total. The zero-order valence-corrected chi connectivity index (χ0v) is 8.82. The number of hydrogen-bond acceptors (Lipinski definition) is 3. The van der Waals surface area contributed by atoms with Gasteiger partial charge in [-0.25, -0.2) is 0 Å². The van der Waals surface area contributed by atoms with Gasteiger partial charge in [0.15, 0.2) is 0 Å². The van der Waals surface area contributed by atoms with Crippen LogP contribution in [0.25, 0.3) is 0 Å². The summed E-state index contributed by atoms with van der Waals surface area (Å²) in [6.45, 7) is 2.31. The summed E-state index contributed by atoms with van der Waals surface area (Å²) in [7, 11) is 0. The molecule has 1 atom stereocenters. The second-order valence-electron chi connectivity index (χ2n) is 3.96. The monoisotopic (exact) mass is 208 g/mol. The van der Waals surface area contributed by atoms with Crippen molar-refractivity contribution >= 4 is 5.91 Å². The molecular weight excluding hydrogens is 192 g/mol. The summed E-state index contributed by atoms with van der Waals surface area (Å²) in [5.41, 5.74) is 0. The number of rotatable bonds is 5. The Bertz CT molecular complexity index is 317. The number of carbonyl (C=O) groups excluding carboxylic acids is 1. The largest absolute Gasteiger partial charge is 0.467 e. The second kappa shape index (κ2) is 4.49. The SMILES string of the molecule is CC(NC(=O)CNC1CC1)c1ccco1. The van der Waals surface area contributed by atoms with Gasteiger partial charge in [-0.1, -0.05) is 0 Å². The van der Waals surface area contributed by atoms with Crippen LogP contribution >= 0.6 is 0 Å². The molecule has 2 rings (SSSR count). The van der Waals surface area contributed by atoms with Crippen LogP contribution in [0, 0.1) is 0 Å². The van der Waals surface area contributed by atoms with Crippen molar-refractivity contribution in [1.29, 1.82) is 0 Å². The normalized spacial score (nSPS) is 17.4. The van der Waals surface area contributed by atoms with Crippen LogP contribution in [0.3, 0.4) is 0 Å². The Morgan fingerprint density at radius 3 is 3.07 bits per heavy atom. The van der Waals surface area contributed by atoms with Crippen LogP contribution in [0.4, 0.5) is 0 Å². The van der Waals surface area contributed by atoms with Gasteiger partial charge in [0.1, 0.15) is 5.76 Å². The molecule has 0 saturated heterocycles. The molecule has 1 aliphatic rings. The van der Waals surface area contributed by atoms with Gasteiger partial charge in [-0.05, 0) is 31.9 Å². The lowest BCUT2D eigenvalue weighted by molar-refractivity contribution is -0.121. The molecule has 1 aromatic rings. The van der Waals surface area contributed by atoms with Crippen LogP contribution in [-0.2, 0) is 4.79 Å². The maximum Gasteiger partial charge on any atom is 0.234 e. The fraction of sp³-hybridized carbons (Fsp3) is 0.545. The predicted octanol–water partition coefficient (Wildman–Crippen LogP) is 1.21. The van der Waals surface area contributed by atoms with Gasteiger partial charge in [0, 0.05) is 6.04 Å². The topological polar surface area (TPSA) is 54.3 Å². The summed E-state index contributed by atoms with van der Waals surface area (Å²) in [6.07, 6.45) is 4.00. The molecule has 0 radical (unpaired) electrons. The molecule has 4 heteroatoms. The van der Waals surface area contributed by atoms with E-state index >= 15 is 0 Å². The van der Waals surface area contributed by atoms with Gasteiger partial charge in [0.2, 0.25) is 5.91 Å². The number of amides is 1. The molecule has 0 aliphatic heterocycles. The lowest BCUT2D eigenvalue weighted by Crippen LogP contribution is -2.36. The van der Waals surface area contributed by atoms with Crippen LogP contribution in [0.15, 0.2) is 22.8 Å². The third-order valence-corrected chi connectivity index (χ3v) is 2.48.